The van der Waals surface area contributed by atoms with Crippen LogP contribution in [0.3, 0.4) is 0 Å². The van der Waals surface area contributed by atoms with Crippen LogP contribution in [0.5, 0.6) is 0 Å². The molecule has 0 bridgehead atoms. The minimum atomic E-state index is -1.07. The first-order valence-electron chi connectivity index (χ1n) is 5.36. The summed E-state index contributed by atoms with van der Waals surface area (Å²) in [5.41, 5.74) is 8.07. The van der Waals surface area contributed by atoms with Gasteiger partial charge in [0.25, 0.3) is 0 Å². The van der Waals surface area contributed by atoms with Crippen molar-refractivity contribution in [1.29, 1.82) is 0 Å². The van der Waals surface area contributed by atoms with Crippen molar-refractivity contribution < 1.29 is 9.32 Å². The number of aliphatic hydroxyl groups is 1. The molecule has 4 heteroatoms. The fraction of sp³-hybridized carbons (Fsp3) is 0.500. The Hall–Kier alpha value is -0.710. The Labute approximate surface area is 99.1 Å². The molecule has 0 amide bonds. The maximum atomic E-state index is 11.9. The first kappa shape index (κ1) is 13.4. The molecule has 0 heterocycles. The van der Waals surface area contributed by atoms with Crippen LogP contribution in [0, 0.1) is 13.8 Å². The molecule has 1 aromatic rings. The van der Waals surface area contributed by atoms with Crippen LogP contribution in [0.15, 0.2) is 23.1 Å². The standard InChI is InChI=1S/C12H19NO2S/c1-9-3-4-12(7-10(9)2)16(15)8-11(13)5-6-14/h3-4,7,11,14H,5-6,8,13H2,1-2H3. The molecule has 1 aromatic carbocycles. The van der Waals surface area contributed by atoms with Crippen LogP contribution >= 0.6 is 0 Å². The predicted octanol–water partition coefficient (Wildman–Crippen LogP) is 1.12. The summed E-state index contributed by atoms with van der Waals surface area (Å²) in [6.07, 6.45) is 0.497. The minimum Gasteiger partial charge on any atom is -0.396 e. The smallest absolute Gasteiger partial charge is 0.0545 e. The van der Waals surface area contributed by atoms with E-state index in [9.17, 15) is 4.21 Å². The van der Waals surface area contributed by atoms with Crippen molar-refractivity contribution >= 4 is 10.8 Å². The van der Waals surface area contributed by atoms with Gasteiger partial charge in [-0.15, -0.1) is 0 Å². The molecule has 0 aromatic heterocycles. The van der Waals surface area contributed by atoms with Crippen molar-refractivity contribution in [3.05, 3.63) is 29.3 Å². The van der Waals surface area contributed by atoms with E-state index in [0.717, 1.165) is 10.5 Å². The lowest BCUT2D eigenvalue weighted by Gasteiger charge is -2.10. The van der Waals surface area contributed by atoms with Crippen LogP contribution in [0.4, 0.5) is 0 Å². The number of hydrogen-bond acceptors (Lipinski definition) is 3. The SMILES string of the molecule is Cc1ccc(S(=O)CC(N)CCO)cc1C. The lowest BCUT2D eigenvalue weighted by molar-refractivity contribution is 0.279. The second-order valence-corrected chi connectivity index (χ2v) is 5.53. The van der Waals surface area contributed by atoms with E-state index in [4.69, 9.17) is 10.8 Å². The molecular weight excluding hydrogens is 222 g/mol. The maximum Gasteiger partial charge on any atom is 0.0545 e. The zero-order valence-electron chi connectivity index (χ0n) is 9.77. The van der Waals surface area contributed by atoms with Gasteiger partial charge in [-0.05, 0) is 43.5 Å². The number of aryl methyl sites for hydroxylation is 2. The Morgan fingerprint density at radius 3 is 2.62 bits per heavy atom. The molecule has 0 aliphatic carbocycles. The third-order valence-corrected chi connectivity index (χ3v) is 4.12. The van der Waals surface area contributed by atoms with E-state index < -0.39 is 10.8 Å². The number of hydrogen-bond donors (Lipinski definition) is 2. The summed E-state index contributed by atoms with van der Waals surface area (Å²) in [5, 5.41) is 8.72. The van der Waals surface area contributed by atoms with Gasteiger partial charge < -0.3 is 10.8 Å². The molecule has 0 spiro atoms. The third-order valence-electron chi connectivity index (χ3n) is 2.61. The highest BCUT2D eigenvalue weighted by atomic mass is 32.2. The van der Waals surface area contributed by atoms with E-state index in [1.165, 1.54) is 5.56 Å². The summed E-state index contributed by atoms with van der Waals surface area (Å²) in [7, 11) is -1.07. The first-order valence-corrected chi connectivity index (χ1v) is 6.68. The summed E-state index contributed by atoms with van der Waals surface area (Å²) in [6.45, 7) is 4.08. The summed E-state index contributed by atoms with van der Waals surface area (Å²) in [6, 6.07) is 5.59. The van der Waals surface area contributed by atoms with Crippen molar-refractivity contribution in [1.82, 2.24) is 0 Å². The number of rotatable bonds is 5. The first-order chi connectivity index (χ1) is 7.54. The molecular formula is C12H19NO2S. The highest BCUT2D eigenvalue weighted by Crippen LogP contribution is 2.14. The summed E-state index contributed by atoms with van der Waals surface area (Å²) in [5.74, 6) is 0.406. The zero-order chi connectivity index (χ0) is 12.1. The van der Waals surface area contributed by atoms with E-state index in [-0.39, 0.29) is 12.6 Å². The van der Waals surface area contributed by atoms with Crippen LogP contribution in [-0.4, -0.2) is 27.7 Å². The van der Waals surface area contributed by atoms with Gasteiger partial charge in [0.15, 0.2) is 0 Å². The second kappa shape index (κ2) is 6.13. The molecule has 0 aliphatic rings. The van der Waals surface area contributed by atoms with Crippen LogP contribution in [-0.2, 0) is 10.8 Å². The van der Waals surface area contributed by atoms with E-state index >= 15 is 0 Å². The van der Waals surface area contributed by atoms with Crippen molar-refractivity contribution in [3.63, 3.8) is 0 Å². The largest absolute Gasteiger partial charge is 0.396 e. The Bertz CT molecular complexity index is 379. The quantitative estimate of drug-likeness (QED) is 0.812. The normalized spacial score (nSPS) is 14.8. The van der Waals surface area contributed by atoms with Crippen LogP contribution in [0.2, 0.25) is 0 Å². The van der Waals surface area contributed by atoms with Crippen LogP contribution in [0.25, 0.3) is 0 Å². The molecule has 0 saturated heterocycles. The molecule has 3 nitrogen and oxygen atoms in total. The molecule has 3 N–H and O–H groups in total. The summed E-state index contributed by atoms with van der Waals surface area (Å²) < 4.78 is 11.9. The van der Waals surface area contributed by atoms with E-state index in [2.05, 4.69) is 0 Å². The molecule has 0 aliphatic heterocycles. The lowest BCUT2D eigenvalue weighted by Crippen LogP contribution is -2.28. The van der Waals surface area contributed by atoms with Crippen LogP contribution < -0.4 is 5.73 Å². The van der Waals surface area contributed by atoms with Gasteiger partial charge in [0.05, 0.1) is 10.8 Å². The second-order valence-electron chi connectivity index (χ2n) is 4.03. The van der Waals surface area contributed by atoms with Crippen LogP contribution in [0.1, 0.15) is 17.5 Å². The molecule has 1 rings (SSSR count). The van der Waals surface area contributed by atoms with Gasteiger partial charge >= 0.3 is 0 Å². The topological polar surface area (TPSA) is 63.3 Å². The monoisotopic (exact) mass is 241 g/mol. The fourth-order valence-corrected chi connectivity index (χ4v) is 2.67. The average Bonchev–Trinajstić information content (AvgIpc) is 2.22. The highest BCUT2D eigenvalue weighted by molar-refractivity contribution is 7.85. The predicted molar refractivity (Wildman–Crippen MR) is 66.9 cm³/mol. The molecule has 0 radical (unpaired) electrons. The van der Waals surface area contributed by atoms with Gasteiger partial charge in [0, 0.05) is 23.3 Å². The fourth-order valence-electron chi connectivity index (χ4n) is 1.40. The molecule has 2 atom stereocenters. The Morgan fingerprint density at radius 1 is 1.38 bits per heavy atom. The van der Waals surface area contributed by atoms with E-state index in [0.29, 0.717) is 12.2 Å². The molecule has 0 saturated carbocycles. The molecule has 16 heavy (non-hydrogen) atoms. The van der Waals surface area contributed by atoms with Gasteiger partial charge in [-0.25, -0.2) is 0 Å². The van der Waals surface area contributed by atoms with Crippen molar-refractivity contribution in [3.8, 4) is 0 Å². The van der Waals surface area contributed by atoms with Crippen molar-refractivity contribution in [2.75, 3.05) is 12.4 Å². The molecule has 0 fully saturated rings. The summed E-state index contributed by atoms with van der Waals surface area (Å²) in [4.78, 5) is 0.816. The van der Waals surface area contributed by atoms with E-state index in [1.54, 1.807) is 0 Å². The number of benzene rings is 1. The molecule has 90 valence electrons. The average molecular weight is 241 g/mol. The Balaban J connectivity index is 2.69. The maximum absolute atomic E-state index is 11.9. The highest BCUT2D eigenvalue weighted by Gasteiger charge is 2.10. The van der Waals surface area contributed by atoms with E-state index in [1.807, 2.05) is 32.0 Å². The number of aliphatic hydroxyl groups excluding tert-OH is 1. The van der Waals surface area contributed by atoms with Crippen molar-refractivity contribution in [2.24, 2.45) is 5.73 Å². The molecule has 2 unspecified atom stereocenters. The van der Waals surface area contributed by atoms with Gasteiger partial charge in [0.1, 0.15) is 0 Å². The van der Waals surface area contributed by atoms with Crippen molar-refractivity contribution in [2.45, 2.75) is 31.2 Å². The van der Waals surface area contributed by atoms with Gasteiger partial charge in [-0.1, -0.05) is 6.07 Å². The number of nitrogens with two attached hydrogens (primary N) is 1. The minimum absolute atomic E-state index is 0.0469. The van der Waals surface area contributed by atoms with Gasteiger partial charge in [-0.2, -0.15) is 0 Å². The Kier molecular flexibility index (Phi) is 5.12. The zero-order valence-corrected chi connectivity index (χ0v) is 10.6. The Morgan fingerprint density at radius 2 is 2.06 bits per heavy atom. The summed E-state index contributed by atoms with van der Waals surface area (Å²) >= 11 is 0. The van der Waals surface area contributed by atoms with Gasteiger partial charge in [0.2, 0.25) is 0 Å². The van der Waals surface area contributed by atoms with Gasteiger partial charge in [-0.3, -0.25) is 4.21 Å². The third kappa shape index (κ3) is 3.70. The lowest BCUT2D eigenvalue weighted by atomic mass is 10.1.